The summed E-state index contributed by atoms with van der Waals surface area (Å²) in [6.45, 7) is 2.30. The molecule has 0 aliphatic heterocycles. The van der Waals surface area contributed by atoms with Gasteiger partial charge in [-0.2, -0.15) is 0 Å². The van der Waals surface area contributed by atoms with Crippen LogP contribution >= 0.6 is 0 Å². The maximum absolute atomic E-state index is 13.1. The van der Waals surface area contributed by atoms with Crippen LogP contribution in [-0.2, 0) is 13.0 Å². The van der Waals surface area contributed by atoms with Gasteiger partial charge >= 0.3 is 0 Å². The monoisotopic (exact) mass is 399 g/mol. The Labute approximate surface area is 173 Å². The molecule has 6 heteroatoms. The van der Waals surface area contributed by atoms with E-state index in [1.54, 1.807) is 28.2 Å². The van der Waals surface area contributed by atoms with Gasteiger partial charge in [-0.1, -0.05) is 55.5 Å². The summed E-state index contributed by atoms with van der Waals surface area (Å²) in [5, 5.41) is 9.69. The molecule has 30 heavy (non-hydrogen) atoms. The second-order valence-electron chi connectivity index (χ2n) is 6.98. The first kappa shape index (κ1) is 19.5. The highest BCUT2D eigenvalue weighted by Gasteiger charge is 2.15. The number of amides is 1. The van der Waals surface area contributed by atoms with Gasteiger partial charge in [-0.3, -0.25) is 19.4 Å². The average Bonchev–Trinajstić information content (AvgIpc) is 2.80. The molecule has 0 aliphatic rings. The summed E-state index contributed by atoms with van der Waals surface area (Å²) < 4.78 is 1.68. The lowest BCUT2D eigenvalue weighted by Gasteiger charge is -2.15. The second-order valence-corrected chi connectivity index (χ2v) is 6.98. The third kappa shape index (κ3) is 3.60. The van der Waals surface area contributed by atoms with Crippen molar-refractivity contribution in [1.29, 1.82) is 0 Å². The van der Waals surface area contributed by atoms with E-state index in [0.29, 0.717) is 40.8 Å². The van der Waals surface area contributed by atoms with Crippen LogP contribution in [0.5, 0.6) is 0 Å². The van der Waals surface area contributed by atoms with Crippen LogP contribution in [0.25, 0.3) is 22.0 Å². The van der Waals surface area contributed by atoms with Crippen molar-refractivity contribution in [3.8, 4) is 11.1 Å². The fourth-order valence-corrected chi connectivity index (χ4v) is 3.63. The summed E-state index contributed by atoms with van der Waals surface area (Å²) in [6, 6.07) is 22.1. The number of hydrogen-bond donors (Lipinski definition) is 2. The smallest absolute Gasteiger partial charge is 0.275 e. The second kappa shape index (κ2) is 8.31. The number of fused-ring (bicyclic) bond motifs is 1. The third-order valence-corrected chi connectivity index (χ3v) is 5.11. The van der Waals surface area contributed by atoms with Gasteiger partial charge in [0.15, 0.2) is 0 Å². The van der Waals surface area contributed by atoms with E-state index in [4.69, 9.17) is 5.21 Å². The highest BCUT2D eigenvalue weighted by molar-refractivity contribution is 6.00. The van der Waals surface area contributed by atoms with E-state index in [-0.39, 0.29) is 5.56 Å². The summed E-state index contributed by atoms with van der Waals surface area (Å²) >= 11 is 0. The Morgan fingerprint density at radius 3 is 2.50 bits per heavy atom. The van der Waals surface area contributed by atoms with E-state index in [9.17, 15) is 9.59 Å². The predicted molar refractivity (Wildman–Crippen MR) is 116 cm³/mol. The van der Waals surface area contributed by atoms with Gasteiger partial charge in [0.05, 0.1) is 17.4 Å². The first-order valence-electron chi connectivity index (χ1n) is 9.73. The lowest BCUT2D eigenvalue weighted by atomic mass is 9.96. The van der Waals surface area contributed by atoms with Gasteiger partial charge in [-0.05, 0) is 41.0 Å². The van der Waals surface area contributed by atoms with Crippen LogP contribution in [0.3, 0.4) is 0 Å². The maximum Gasteiger partial charge on any atom is 0.275 e. The molecule has 0 bridgehead atoms. The maximum atomic E-state index is 13.1. The lowest BCUT2D eigenvalue weighted by Crippen LogP contribution is -2.26. The Kier molecular flexibility index (Phi) is 5.41. The van der Waals surface area contributed by atoms with Crippen molar-refractivity contribution in [2.75, 3.05) is 0 Å². The first-order chi connectivity index (χ1) is 14.6. The van der Waals surface area contributed by atoms with Gasteiger partial charge < -0.3 is 0 Å². The Hall–Kier alpha value is -3.77. The number of hydrogen-bond acceptors (Lipinski definition) is 4. The minimum absolute atomic E-state index is 0.0871. The van der Waals surface area contributed by atoms with Crippen LogP contribution in [0.1, 0.15) is 28.7 Å². The number of carbonyl (C=O) groups is 1. The van der Waals surface area contributed by atoms with E-state index in [2.05, 4.69) is 4.98 Å². The zero-order valence-electron chi connectivity index (χ0n) is 16.5. The van der Waals surface area contributed by atoms with Crippen molar-refractivity contribution in [2.45, 2.75) is 19.9 Å². The molecule has 1 aromatic heterocycles. The van der Waals surface area contributed by atoms with Crippen molar-refractivity contribution in [3.63, 3.8) is 0 Å². The minimum Gasteiger partial charge on any atom is -0.292 e. The fourth-order valence-electron chi connectivity index (χ4n) is 3.63. The van der Waals surface area contributed by atoms with Crippen LogP contribution in [0.15, 0.2) is 77.6 Å². The molecular weight excluding hydrogens is 378 g/mol. The lowest BCUT2D eigenvalue weighted by molar-refractivity contribution is 0.0707. The van der Waals surface area contributed by atoms with Crippen LogP contribution in [0.2, 0.25) is 0 Å². The van der Waals surface area contributed by atoms with Crippen LogP contribution in [0, 0.1) is 0 Å². The SMILES string of the molecule is CCc1nc2ccccc2c(=O)n1Cc1ccc(C(=O)NO)c(-c2ccccc2)c1. The molecule has 150 valence electrons. The molecule has 0 saturated carbocycles. The van der Waals surface area contributed by atoms with Gasteiger partial charge in [0, 0.05) is 12.0 Å². The zero-order valence-corrected chi connectivity index (χ0v) is 16.5. The Bertz CT molecular complexity index is 1280. The molecule has 1 heterocycles. The topological polar surface area (TPSA) is 84.2 Å². The highest BCUT2D eigenvalue weighted by Crippen LogP contribution is 2.25. The molecule has 4 rings (SSSR count). The molecule has 0 atom stereocenters. The number of carbonyl (C=O) groups excluding carboxylic acids is 1. The molecule has 2 N–H and O–H groups in total. The molecule has 3 aromatic carbocycles. The van der Waals surface area contributed by atoms with Crippen molar-refractivity contribution in [1.82, 2.24) is 15.0 Å². The van der Waals surface area contributed by atoms with E-state index < -0.39 is 5.91 Å². The number of aryl methyl sites for hydroxylation is 1. The molecule has 0 saturated heterocycles. The number of aromatic nitrogens is 2. The Balaban J connectivity index is 1.84. The molecule has 6 nitrogen and oxygen atoms in total. The van der Waals surface area contributed by atoms with Gasteiger partial charge in [0.25, 0.3) is 11.5 Å². The standard InChI is InChI=1S/C24H21N3O3/c1-2-22-25-21-11-7-6-10-19(21)24(29)27(22)15-16-12-13-18(23(28)26-30)20(14-16)17-8-4-3-5-9-17/h3-14,30H,2,15H2,1H3,(H,26,28). The third-order valence-electron chi connectivity index (χ3n) is 5.11. The van der Waals surface area contributed by atoms with Gasteiger partial charge in [0.1, 0.15) is 5.82 Å². The fraction of sp³-hybridized carbons (Fsp3) is 0.125. The summed E-state index contributed by atoms with van der Waals surface area (Å²) in [4.78, 5) is 29.9. The molecule has 0 radical (unpaired) electrons. The molecule has 0 fully saturated rings. The van der Waals surface area contributed by atoms with E-state index >= 15 is 0 Å². The number of benzene rings is 3. The van der Waals surface area contributed by atoms with E-state index in [1.165, 1.54) is 0 Å². The molecule has 0 unspecified atom stereocenters. The summed E-state index contributed by atoms with van der Waals surface area (Å²) in [6.07, 6.45) is 0.622. The normalized spacial score (nSPS) is 10.9. The van der Waals surface area contributed by atoms with Crippen molar-refractivity contribution < 1.29 is 10.0 Å². The van der Waals surface area contributed by atoms with E-state index in [1.807, 2.05) is 61.5 Å². The quantitative estimate of drug-likeness (QED) is 0.395. The predicted octanol–water partition coefficient (Wildman–Crippen LogP) is 3.79. The van der Waals surface area contributed by atoms with Crippen LogP contribution in [0.4, 0.5) is 0 Å². The largest absolute Gasteiger partial charge is 0.292 e. The number of para-hydroxylation sites is 1. The average molecular weight is 399 g/mol. The van der Waals surface area contributed by atoms with E-state index in [0.717, 1.165) is 11.1 Å². The molecule has 0 aliphatic carbocycles. The molecule has 4 aromatic rings. The van der Waals surface area contributed by atoms with Gasteiger partial charge in [-0.25, -0.2) is 10.5 Å². The number of nitrogens with zero attached hydrogens (tertiary/aromatic N) is 2. The van der Waals surface area contributed by atoms with Crippen molar-refractivity contribution >= 4 is 16.8 Å². The van der Waals surface area contributed by atoms with Gasteiger partial charge in [0.2, 0.25) is 0 Å². The summed E-state index contributed by atoms with van der Waals surface area (Å²) in [5.74, 6) is 0.122. The number of rotatable bonds is 5. The molecule has 0 spiro atoms. The summed E-state index contributed by atoms with van der Waals surface area (Å²) in [5.41, 5.74) is 5.04. The number of hydroxylamine groups is 1. The summed E-state index contributed by atoms with van der Waals surface area (Å²) in [7, 11) is 0. The number of nitrogens with one attached hydrogen (secondary N) is 1. The van der Waals surface area contributed by atoms with Crippen LogP contribution < -0.4 is 11.0 Å². The Morgan fingerprint density at radius 1 is 1.03 bits per heavy atom. The highest BCUT2D eigenvalue weighted by atomic mass is 16.5. The van der Waals surface area contributed by atoms with Crippen LogP contribution in [-0.4, -0.2) is 20.7 Å². The van der Waals surface area contributed by atoms with Crippen molar-refractivity contribution in [3.05, 3.63) is 100 Å². The molecule has 1 amide bonds. The van der Waals surface area contributed by atoms with Gasteiger partial charge in [-0.15, -0.1) is 0 Å². The first-order valence-corrected chi connectivity index (χ1v) is 9.73. The molecular formula is C24H21N3O3. The minimum atomic E-state index is -0.584. The van der Waals surface area contributed by atoms with Crippen molar-refractivity contribution in [2.24, 2.45) is 0 Å². The zero-order chi connectivity index (χ0) is 21.1. The Morgan fingerprint density at radius 2 is 1.77 bits per heavy atom.